The topological polar surface area (TPSA) is 118 Å². The predicted molar refractivity (Wildman–Crippen MR) is 195 cm³/mol. The van der Waals surface area contributed by atoms with E-state index in [-0.39, 0.29) is 29.9 Å². The van der Waals surface area contributed by atoms with Crippen molar-refractivity contribution >= 4 is 33.2 Å². The highest BCUT2D eigenvalue weighted by Crippen LogP contribution is 2.47. The minimum absolute atomic E-state index is 0.0831. The van der Waals surface area contributed by atoms with Gasteiger partial charge in [-0.2, -0.15) is 0 Å². The zero-order chi connectivity index (χ0) is 35.3. The van der Waals surface area contributed by atoms with E-state index >= 15 is 0 Å². The van der Waals surface area contributed by atoms with Crippen molar-refractivity contribution in [3.05, 3.63) is 58.1 Å². The number of nitrogens with one attached hydrogen (secondary N) is 1. The second-order valence-electron chi connectivity index (χ2n) is 14.8. The Morgan fingerprint density at radius 1 is 1.02 bits per heavy atom. The van der Waals surface area contributed by atoms with Crippen LogP contribution in [0.15, 0.2) is 36.4 Å². The Morgan fingerprint density at radius 3 is 2.60 bits per heavy atom. The van der Waals surface area contributed by atoms with Gasteiger partial charge in [-0.1, -0.05) is 31.0 Å². The standard InChI is InChI=1S/C38H54ClN3O7S/c1-27-6-5-14-38(26-43,49-21-18-41-16-19-47-20-17-41)34-12-9-31(34)24-42-15-4-3-7-29-22-33(39)11-8-32(29)25-48-36-13-10-30(23-35(36)42)37(44)40-50(45,46)28(27)2/h8,10-11,13,22-23,27-28,31,34,43H,3-7,9,12,14-21,24-26H2,1-2H3,(H,40,44)/t27-,28+,31-,34+,38-/m0/s1. The van der Waals surface area contributed by atoms with Crippen molar-refractivity contribution < 1.29 is 32.5 Å². The van der Waals surface area contributed by atoms with E-state index in [4.69, 9.17) is 25.8 Å². The molecule has 276 valence electrons. The van der Waals surface area contributed by atoms with Crippen molar-refractivity contribution in [1.29, 1.82) is 0 Å². The van der Waals surface area contributed by atoms with E-state index < -0.39 is 26.8 Å². The molecule has 1 amide bonds. The van der Waals surface area contributed by atoms with Crippen LogP contribution in [0.25, 0.3) is 0 Å². The average molecular weight is 732 g/mol. The number of halogens is 1. The number of aliphatic hydroxyl groups excluding tert-OH is 1. The maximum atomic E-state index is 13.5. The Morgan fingerprint density at radius 2 is 1.84 bits per heavy atom. The van der Waals surface area contributed by atoms with Gasteiger partial charge >= 0.3 is 0 Å². The highest BCUT2D eigenvalue weighted by molar-refractivity contribution is 7.90. The van der Waals surface area contributed by atoms with Crippen molar-refractivity contribution in [1.82, 2.24) is 9.62 Å². The zero-order valence-electron chi connectivity index (χ0n) is 29.6. The number of hydrogen-bond acceptors (Lipinski definition) is 9. The summed E-state index contributed by atoms with van der Waals surface area (Å²) in [6, 6.07) is 11.1. The molecular weight excluding hydrogens is 678 g/mol. The normalized spacial score (nSPS) is 29.7. The van der Waals surface area contributed by atoms with Crippen LogP contribution in [-0.2, 0) is 32.5 Å². The molecule has 0 radical (unpaired) electrons. The number of morpholine rings is 1. The molecule has 2 fully saturated rings. The van der Waals surface area contributed by atoms with E-state index in [0.29, 0.717) is 49.8 Å². The lowest BCUT2D eigenvalue weighted by atomic mass is 9.63. The number of ether oxygens (including phenoxy) is 3. The van der Waals surface area contributed by atoms with Gasteiger partial charge in [-0.15, -0.1) is 0 Å². The number of hydrogen-bond donors (Lipinski definition) is 2. The van der Waals surface area contributed by atoms with Gasteiger partial charge in [0.25, 0.3) is 5.91 Å². The Bertz CT molecular complexity index is 1590. The van der Waals surface area contributed by atoms with Crippen LogP contribution in [0, 0.1) is 17.8 Å². The number of sulfonamides is 1. The molecule has 4 aliphatic rings. The zero-order valence-corrected chi connectivity index (χ0v) is 31.2. The first-order valence-corrected chi connectivity index (χ1v) is 20.4. The molecule has 1 saturated carbocycles. The quantitative estimate of drug-likeness (QED) is 0.415. The number of amides is 1. The first kappa shape index (κ1) is 37.4. The van der Waals surface area contributed by atoms with Crippen LogP contribution >= 0.6 is 11.6 Å². The number of carbonyl (C=O) groups excluding carboxylic acids is 1. The third kappa shape index (κ3) is 8.61. The number of carbonyl (C=O) groups is 1. The minimum atomic E-state index is -3.96. The fourth-order valence-corrected chi connectivity index (χ4v) is 9.70. The summed E-state index contributed by atoms with van der Waals surface area (Å²) in [4.78, 5) is 18.2. The highest BCUT2D eigenvalue weighted by Gasteiger charge is 2.49. The predicted octanol–water partition coefficient (Wildman–Crippen LogP) is 5.44. The van der Waals surface area contributed by atoms with E-state index in [1.807, 2.05) is 25.1 Å². The summed E-state index contributed by atoms with van der Waals surface area (Å²) in [7, 11) is -3.96. The first-order chi connectivity index (χ1) is 24.1. The van der Waals surface area contributed by atoms with Crippen LogP contribution in [0.2, 0.25) is 5.02 Å². The van der Waals surface area contributed by atoms with E-state index in [2.05, 4.69) is 14.5 Å². The van der Waals surface area contributed by atoms with Crippen molar-refractivity contribution in [3.8, 4) is 5.75 Å². The lowest BCUT2D eigenvalue weighted by Crippen LogP contribution is -2.55. The summed E-state index contributed by atoms with van der Waals surface area (Å²) in [6.07, 6.45) is 6.70. The van der Waals surface area contributed by atoms with Crippen LogP contribution < -0.4 is 14.4 Å². The monoisotopic (exact) mass is 731 g/mol. The molecule has 1 saturated heterocycles. The lowest BCUT2D eigenvalue weighted by molar-refractivity contribution is -0.163. The van der Waals surface area contributed by atoms with E-state index in [0.717, 1.165) is 82.7 Å². The summed E-state index contributed by atoms with van der Waals surface area (Å²) in [5.41, 5.74) is 2.56. The second kappa shape index (κ2) is 16.5. The molecule has 0 unspecified atom stereocenters. The summed E-state index contributed by atoms with van der Waals surface area (Å²) in [5, 5.41) is 11.1. The van der Waals surface area contributed by atoms with Crippen LogP contribution in [-0.4, -0.2) is 94.3 Å². The number of aryl methyl sites for hydroxylation is 1. The van der Waals surface area contributed by atoms with E-state index in [1.54, 1.807) is 25.1 Å². The van der Waals surface area contributed by atoms with Crippen molar-refractivity contribution in [2.75, 3.05) is 64.1 Å². The molecule has 3 aliphatic heterocycles. The third-order valence-electron chi connectivity index (χ3n) is 11.7. The molecule has 1 aliphatic carbocycles. The van der Waals surface area contributed by atoms with Gasteiger partial charge in [-0.25, -0.2) is 13.1 Å². The number of aliphatic hydroxyl groups is 1. The molecule has 10 nitrogen and oxygen atoms in total. The number of nitrogens with zero attached hydrogens (tertiary/aromatic N) is 2. The van der Waals surface area contributed by atoms with Crippen molar-refractivity contribution in [2.24, 2.45) is 17.8 Å². The molecule has 0 spiro atoms. The van der Waals surface area contributed by atoms with Crippen LogP contribution in [0.5, 0.6) is 5.75 Å². The van der Waals surface area contributed by atoms with Crippen LogP contribution in [0.1, 0.15) is 80.3 Å². The molecule has 3 heterocycles. The number of fused-ring (bicyclic) bond motifs is 3. The van der Waals surface area contributed by atoms with Gasteiger partial charge in [0.05, 0.1) is 43.0 Å². The smallest absolute Gasteiger partial charge is 0.264 e. The Hall–Kier alpha value is -2.41. The second-order valence-corrected chi connectivity index (χ2v) is 17.3. The van der Waals surface area contributed by atoms with E-state index in [9.17, 15) is 18.3 Å². The van der Waals surface area contributed by atoms with Crippen LogP contribution in [0.3, 0.4) is 0 Å². The largest absolute Gasteiger partial charge is 0.487 e. The van der Waals surface area contributed by atoms with Crippen molar-refractivity contribution in [2.45, 2.75) is 82.7 Å². The average Bonchev–Trinajstić information content (AvgIpc) is 3.12. The van der Waals surface area contributed by atoms with Gasteiger partial charge in [0.1, 0.15) is 12.4 Å². The summed E-state index contributed by atoms with van der Waals surface area (Å²) < 4.78 is 48.2. The van der Waals surface area contributed by atoms with Crippen LogP contribution in [0.4, 0.5) is 5.69 Å². The Balaban J connectivity index is 1.34. The SMILES string of the molecule is C[C@@H]1[C@@H](C)CCC[C@@](CO)(OCCN2CCOCC2)[C@@H]2CC[C@H]2CN2CCCCc3cc(Cl)ccc3COc3ccc(cc32)C(=O)NS1(=O)=O. The summed E-state index contributed by atoms with van der Waals surface area (Å²) in [5.74, 6) is 0.205. The van der Waals surface area contributed by atoms with E-state index in [1.165, 1.54) is 5.56 Å². The minimum Gasteiger partial charge on any atom is -0.487 e. The molecule has 50 heavy (non-hydrogen) atoms. The van der Waals surface area contributed by atoms with Gasteiger partial charge in [-0.05, 0) is 111 Å². The summed E-state index contributed by atoms with van der Waals surface area (Å²) in [6.45, 7) is 9.78. The van der Waals surface area contributed by atoms with Gasteiger partial charge in [0.2, 0.25) is 10.0 Å². The summed E-state index contributed by atoms with van der Waals surface area (Å²) >= 11 is 6.37. The maximum absolute atomic E-state index is 13.5. The molecule has 5 atom stereocenters. The highest BCUT2D eigenvalue weighted by atomic mass is 35.5. The van der Waals surface area contributed by atoms with Gasteiger partial charge in [0, 0.05) is 43.3 Å². The number of benzene rings is 2. The maximum Gasteiger partial charge on any atom is 0.264 e. The van der Waals surface area contributed by atoms with Crippen molar-refractivity contribution in [3.63, 3.8) is 0 Å². The number of anilines is 1. The Labute approximate surface area is 302 Å². The molecule has 2 aromatic rings. The Kier molecular flexibility index (Phi) is 12.3. The fourth-order valence-electron chi connectivity index (χ4n) is 8.20. The lowest BCUT2D eigenvalue weighted by Gasteiger charge is -2.51. The third-order valence-corrected chi connectivity index (χ3v) is 13.9. The molecule has 0 aromatic heterocycles. The molecular formula is C38H54ClN3O7S. The van der Waals surface area contributed by atoms with Gasteiger partial charge in [-0.3, -0.25) is 9.69 Å². The molecule has 6 rings (SSSR count). The first-order valence-electron chi connectivity index (χ1n) is 18.5. The number of rotatable bonds is 5. The molecule has 12 heteroatoms. The van der Waals surface area contributed by atoms with Gasteiger partial charge in [0.15, 0.2) is 0 Å². The van der Waals surface area contributed by atoms with Gasteiger partial charge < -0.3 is 24.2 Å². The molecule has 2 bridgehead atoms. The fraction of sp³-hybridized carbons (Fsp3) is 0.658. The molecule has 2 N–H and O–H groups in total. The molecule has 2 aromatic carbocycles.